The van der Waals surface area contributed by atoms with Gasteiger partial charge in [-0.3, -0.25) is 14.9 Å². The van der Waals surface area contributed by atoms with E-state index in [4.69, 9.17) is 19.2 Å². The zero-order valence-corrected chi connectivity index (χ0v) is 27.5. The maximum atomic E-state index is 14.2. The van der Waals surface area contributed by atoms with E-state index in [1.54, 1.807) is 50.6 Å². The summed E-state index contributed by atoms with van der Waals surface area (Å²) in [6, 6.07) is 15.2. The van der Waals surface area contributed by atoms with Gasteiger partial charge < -0.3 is 19.3 Å². The standard InChI is InChI=1S/C34H43N5O7/c1-8-44-45-21-23(3)39-29(25-14-10-9-11-15-25)31(41)38(7)27-17-16-24(20-26(27)30(39)40)13-12-18-43-28-19-22(2)35-32(36-28)37-33(42)46-34(4,5)6/h9-11,14-17,19-20,23,29H,8,12-13,18,21H2,1-7H3,(H,35,36,37,42). The van der Waals surface area contributed by atoms with Gasteiger partial charge in [-0.15, -0.1) is 0 Å². The SMILES string of the molecule is CCOOCC(C)N1C(=O)c2cc(CCCOc3cc(C)nc(NC(=O)OC(C)(C)C)n3)ccc2N(C)C(=O)C1c1ccccc1. The Kier molecular flexibility index (Phi) is 11.3. The van der Waals surface area contributed by atoms with E-state index >= 15 is 0 Å². The van der Waals surface area contributed by atoms with Gasteiger partial charge in [0.25, 0.3) is 11.8 Å². The fourth-order valence-electron chi connectivity index (χ4n) is 5.10. The zero-order chi connectivity index (χ0) is 33.4. The monoisotopic (exact) mass is 633 g/mol. The fourth-order valence-corrected chi connectivity index (χ4v) is 5.10. The van der Waals surface area contributed by atoms with Crippen LogP contribution in [0.4, 0.5) is 16.4 Å². The van der Waals surface area contributed by atoms with Crippen LogP contribution in [0.25, 0.3) is 0 Å². The number of amides is 3. The summed E-state index contributed by atoms with van der Waals surface area (Å²) in [6.07, 6.45) is 0.573. The Labute approximate surface area is 269 Å². The third-order valence-electron chi connectivity index (χ3n) is 7.13. The van der Waals surface area contributed by atoms with Crippen LogP contribution in [0.2, 0.25) is 0 Å². The number of aromatic nitrogens is 2. The smallest absolute Gasteiger partial charge is 0.414 e. The molecule has 2 aromatic carbocycles. The van der Waals surface area contributed by atoms with Gasteiger partial charge in [0, 0.05) is 18.8 Å². The van der Waals surface area contributed by atoms with Gasteiger partial charge in [0.05, 0.1) is 30.5 Å². The molecule has 2 heterocycles. The van der Waals surface area contributed by atoms with Crippen LogP contribution in [-0.4, -0.2) is 71.3 Å². The van der Waals surface area contributed by atoms with Gasteiger partial charge in [-0.1, -0.05) is 36.4 Å². The molecule has 1 aliphatic rings. The first-order valence-corrected chi connectivity index (χ1v) is 15.4. The highest BCUT2D eigenvalue weighted by atomic mass is 17.2. The molecule has 1 aliphatic heterocycles. The number of carbonyl (C=O) groups excluding carboxylic acids is 3. The van der Waals surface area contributed by atoms with Crippen LogP contribution in [0.5, 0.6) is 5.88 Å². The molecule has 0 saturated heterocycles. The minimum absolute atomic E-state index is 0.0893. The molecule has 1 N–H and O–H groups in total. The third-order valence-corrected chi connectivity index (χ3v) is 7.13. The second-order valence-electron chi connectivity index (χ2n) is 12.1. The minimum Gasteiger partial charge on any atom is -0.478 e. The van der Waals surface area contributed by atoms with Gasteiger partial charge in [0.2, 0.25) is 11.8 Å². The summed E-state index contributed by atoms with van der Waals surface area (Å²) in [7, 11) is 1.69. The summed E-state index contributed by atoms with van der Waals surface area (Å²) in [6.45, 7) is 11.5. The molecule has 0 spiro atoms. The highest BCUT2D eigenvalue weighted by molar-refractivity contribution is 6.11. The van der Waals surface area contributed by atoms with Gasteiger partial charge >= 0.3 is 6.09 Å². The average molecular weight is 634 g/mol. The average Bonchev–Trinajstić information content (AvgIpc) is 3.07. The second-order valence-corrected chi connectivity index (χ2v) is 12.1. The van der Waals surface area contributed by atoms with Gasteiger partial charge in [-0.05, 0) is 77.6 Å². The van der Waals surface area contributed by atoms with Gasteiger partial charge in [-0.2, -0.15) is 4.98 Å². The molecule has 0 fully saturated rings. The lowest BCUT2D eigenvalue weighted by Gasteiger charge is -2.34. The van der Waals surface area contributed by atoms with Crippen LogP contribution in [0.15, 0.2) is 54.6 Å². The first kappa shape index (κ1) is 34.3. The fraction of sp³-hybridized carbons (Fsp3) is 0.441. The molecule has 3 aromatic rings. The Morgan fingerprint density at radius 1 is 1.04 bits per heavy atom. The van der Waals surface area contributed by atoms with Crippen LogP contribution in [0, 0.1) is 6.92 Å². The maximum Gasteiger partial charge on any atom is 0.414 e. The molecule has 0 bridgehead atoms. The van der Waals surface area contributed by atoms with E-state index in [1.807, 2.05) is 62.4 Å². The lowest BCUT2D eigenvalue weighted by atomic mass is 10.0. The molecule has 12 nitrogen and oxygen atoms in total. The van der Waals surface area contributed by atoms with Crippen molar-refractivity contribution in [3.63, 3.8) is 0 Å². The van der Waals surface area contributed by atoms with Crippen molar-refractivity contribution in [3.05, 3.63) is 77.0 Å². The molecule has 46 heavy (non-hydrogen) atoms. The summed E-state index contributed by atoms with van der Waals surface area (Å²) in [5.74, 6) is -0.0785. The summed E-state index contributed by atoms with van der Waals surface area (Å²) in [4.78, 5) is 62.4. The predicted molar refractivity (Wildman–Crippen MR) is 173 cm³/mol. The summed E-state index contributed by atoms with van der Waals surface area (Å²) >= 11 is 0. The van der Waals surface area contributed by atoms with Crippen molar-refractivity contribution in [1.82, 2.24) is 14.9 Å². The van der Waals surface area contributed by atoms with Crippen LogP contribution < -0.4 is 15.0 Å². The molecule has 2 atom stereocenters. The molecule has 246 valence electrons. The number of nitrogens with zero attached hydrogens (tertiary/aromatic N) is 4. The number of benzene rings is 2. The van der Waals surface area contributed by atoms with Gasteiger partial charge in [0.15, 0.2) is 0 Å². The summed E-state index contributed by atoms with van der Waals surface area (Å²) < 4.78 is 11.2. The van der Waals surface area contributed by atoms with E-state index in [2.05, 4.69) is 15.3 Å². The number of ether oxygens (including phenoxy) is 2. The number of rotatable bonds is 12. The Balaban J connectivity index is 1.49. The second kappa shape index (κ2) is 15.2. The Morgan fingerprint density at radius 3 is 2.48 bits per heavy atom. The lowest BCUT2D eigenvalue weighted by Crippen LogP contribution is -2.47. The van der Waals surface area contributed by atoms with Crippen molar-refractivity contribution in [3.8, 4) is 5.88 Å². The van der Waals surface area contributed by atoms with E-state index in [9.17, 15) is 14.4 Å². The Bertz CT molecular complexity index is 1530. The normalized spacial score (nSPS) is 15.7. The van der Waals surface area contributed by atoms with Crippen molar-refractivity contribution in [2.24, 2.45) is 0 Å². The number of hydrogen-bond donors (Lipinski definition) is 1. The van der Waals surface area contributed by atoms with Crippen molar-refractivity contribution < 1.29 is 33.6 Å². The topological polar surface area (TPSA) is 132 Å². The zero-order valence-electron chi connectivity index (χ0n) is 27.5. The van der Waals surface area contributed by atoms with Crippen LogP contribution >= 0.6 is 0 Å². The first-order chi connectivity index (χ1) is 21.9. The molecular weight excluding hydrogens is 590 g/mol. The van der Waals surface area contributed by atoms with Crippen molar-refractivity contribution >= 4 is 29.5 Å². The maximum absolute atomic E-state index is 14.2. The van der Waals surface area contributed by atoms with Crippen LogP contribution in [-0.2, 0) is 25.7 Å². The van der Waals surface area contributed by atoms with Crippen molar-refractivity contribution in [2.45, 2.75) is 72.1 Å². The molecule has 1 aromatic heterocycles. The van der Waals surface area contributed by atoms with E-state index in [0.717, 1.165) is 5.56 Å². The largest absolute Gasteiger partial charge is 0.478 e. The number of nitrogens with one attached hydrogen (secondary N) is 1. The summed E-state index contributed by atoms with van der Waals surface area (Å²) in [5, 5.41) is 2.54. The van der Waals surface area contributed by atoms with Crippen LogP contribution in [0.3, 0.4) is 0 Å². The molecular formula is C34H43N5O7. The lowest BCUT2D eigenvalue weighted by molar-refractivity contribution is -0.296. The molecule has 3 amide bonds. The highest BCUT2D eigenvalue weighted by Crippen LogP contribution is 2.36. The third kappa shape index (κ3) is 8.79. The molecule has 0 saturated carbocycles. The van der Waals surface area contributed by atoms with Crippen LogP contribution in [0.1, 0.15) is 74.3 Å². The molecule has 12 heteroatoms. The molecule has 0 radical (unpaired) electrons. The Morgan fingerprint density at radius 2 is 1.78 bits per heavy atom. The molecule has 2 unspecified atom stereocenters. The predicted octanol–water partition coefficient (Wildman–Crippen LogP) is 5.66. The number of carbonyl (C=O) groups is 3. The van der Waals surface area contributed by atoms with Crippen molar-refractivity contribution in [2.75, 3.05) is 37.1 Å². The number of fused-ring (bicyclic) bond motifs is 1. The molecule has 4 rings (SSSR count). The minimum atomic E-state index is -0.839. The number of hydrogen-bond acceptors (Lipinski definition) is 9. The van der Waals surface area contributed by atoms with Gasteiger partial charge in [-0.25, -0.2) is 19.6 Å². The first-order valence-electron chi connectivity index (χ1n) is 15.4. The van der Waals surface area contributed by atoms with Gasteiger partial charge in [0.1, 0.15) is 18.2 Å². The molecule has 0 aliphatic carbocycles. The van der Waals surface area contributed by atoms with E-state index in [1.165, 1.54) is 0 Å². The Hall–Kier alpha value is -4.55. The summed E-state index contributed by atoms with van der Waals surface area (Å²) in [5.41, 5.74) is 2.57. The van der Waals surface area contributed by atoms with E-state index < -0.39 is 23.8 Å². The van der Waals surface area contributed by atoms with E-state index in [-0.39, 0.29) is 24.4 Å². The quantitative estimate of drug-likeness (QED) is 0.152. The number of anilines is 2. The van der Waals surface area contributed by atoms with E-state index in [0.29, 0.717) is 54.4 Å². The number of likely N-dealkylation sites (N-methyl/N-ethyl adjacent to an activating group) is 1. The highest BCUT2D eigenvalue weighted by Gasteiger charge is 2.41. The number of aryl methyl sites for hydroxylation is 2. The van der Waals surface area contributed by atoms with Crippen molar-refractivity contribution in [1.29, 1.82) is 0 Å².